The molecular weight excluding hydrogens is 352 g/mol. The van der Waals surface area contributed by atoms with Crippen LogP contribution in [0.4, 0.5) is 0 Å². The Labute approximate surface area is 144 Å². The summed E-state index contributed by atoms with van der Waals surface area (Å²) in [6, 6.07) is 15.9. The molecule has 0 heterocycles. The number of carbonyl (C=O) groups is 1. The number of carboxylic acids is 1. The summed E-state index contributed by atoms with van der Waals surface area (Å²) in [6.07, 6.45) is 6.44. The number of hydrogen-bond acceptors (Lipinski definition) is 1. The standard InChI is InChI=1S/C20H17BrO2/c21-17-11-10-15-8-4-5-9-16(12-14-6-2-1-3-7-14)19(20(22)23)18(15)13-17/h1-3,5-7,9-11,13H,4,8,12H2,(H,22,23)/b9-5+,19-16-. The number of carboxylic acid groups (broad SMARTS) is 1. The molecule has 0 atom stereocenters. The molecule has 2 aromatic carbocycles. The zero-order chi connectivity index (χ0) is 16.2. The predicted octanol–water partition coefficient (Wildman–Crippen LogP) is 5.03. The number of aryl methyl sites for hydroxylation is 1. The van der Waals surface area contributed by atoms with Gasteiger partial charge in [-0.2, -0.15) is 0 Å². The molecule has 0 spiro atoms. The van der Waals surface area contributed by atoms with Gasteiger partial charge >= 0.3 is 5.97 Å². The van der Waals surface area contributed by atoms with Gasteiger partial charge in [0.1, 0.15) is 0 Å². The van der Waals surface area contributed by atoms with E-state index in [1.165, 1.54) is 0 Å². The molecular formula is C20H17BrO2. The molecule has 0 aromatic heterocycles. The van der Waals surface area contributed by atoms with Gasteiger partial charge in [0.15, 0.2) is 0 Å². The highest BCUT2D eigenvalue weighted by atomic mass is 79.9. The first kappa shape index (κ1) is 15.8. The van der Waals surface area contributed by atoms with Crippen LogP contribution in [0.2, 0.25) is 0 Å². The first-order valence-electron chi connectivity index (χ1n) is 7.61. The lowest BCUT2D eigenvalue weighted by atomic mass is 9.88. The molecule has 0 unspecified atom stereocenters. The SMILES string of the molecule is O=C(O)/C1=C(Cc2ccccc2)/C=C/CCc2ccc(Br)cc21. The predicted molar refractivity (Wildman–Crippen MR) is 96.3 cm³/mol. The Morgan fingerprint density at radius 2 is 1.91 bits per heavy atom. The van der Waals surface area contributed by atoms with Crippen LogP contribution in [0.3, 0.4) is 0 Å². The van der Waals surface area contributed by atoms with Gasteiger partial charge in [0.05, 0.1) is 5.57 Å². The third-order valence-corrected chi connectivity index (χ3v) is 4.51. The summed E-state index contributed by atoms with van der Waals surface area (Å²) in [4.78, 5) is 12.0. The summed E-state index contributed by atoms with van der Waals surface area (Å²) in [5.74, 6) is -0.873. The van der Waals surface area contributed by atoms with E-state index in [9.17, 15) is 9.90 Å². The third kappa shape index (κ3) is 3.62. The van der Waals surface area contributed by atoms with Crippen molar-refractivity contribution in [2.75, 3.05) is 0 Å². The van der Waals surface area contributed by atoms with E-state index < -0.39 is 5.97 Å². The summed E-state index contributed by atoms with van der Waals surface area (Å²) in [6.45, 7) is 0. The van der Waals surface area contributed by atoms with Crippen LogP contribution in [-0.4, -0.2) is 11.1 Å². The fraction of sp³-hybridized carbons (Fsp3) is 0.150. The van der Waals surface area contributed by atoms with E-state index in [1.807, 2.05) is 54.6 Å². The fourth-order valence-electron chi connectivity index (χ4n) is 2.94. The first-order valence-corrected chi connectivity index (χ1v) is 8.40. The van der Waals surface area contributed by atoms with Gasteiger partial charge < -0.3 is 5.11 Å². The zero-order valence-corrected chi connectivity index (χ0v) is 14.2. The van der Waals surface area contributed by atoms with Gasteiger partial charge in [-0.3, -0.25) is 0 Å². The van der Waals surface area contributed by atoms with Crippen LogP contribution >= 0.6 is 15.9 Å². The average molecular weight is 369 g/mol. The molecule has 0 saturated carbocycles. The second-order valence-corrected chi connectivity index (χ2v) is 6.53. The molecule has 3 heteroatoms. The van der Waals surface area contributed by atoms with Crippen molar-refractivity contribution in [3.8, 4) is 0 Å². The number of benzene rings is 2. The highest BCUT2D eigenvalue weighted by Crippen LogP contribution is 2.31. The Bertz CT molecular complexity index is 789. The van der Waals surface area contributed by atoms with Crippen molar-refractivity contribution in [3.63, 3.8) is 0 Å². The van der Waals surface area contributed by atoms with Crippen molar-refractivity contribution < 1.29 is 9.90 Å². The lowest BCUT2D eigenvalue weighted by Crippen LogP contribution is -2.09. The molecule has 0 saturated heterocycles. The van der Waals surface area contributed by atoms with Crippen molar-refractivity contribution in [1.82, 2.24) is 0 Å². The Balaban J connectivity index is 2.17. The average Bonchev–Trinajstić information content (AvgIpc) is 2.51. The lowest BCUT2D eigenvalue weighted by molar-refractivity contribution is -0.130. The summed E-state index contributed by atoms with van der Waals surface area (Å²) < 4.78 is 0.901. The van der Waals surface area contributed by atoms with Crippen LogP contribution in [0.1, 0.15) is 23.1 Å². The molecule has 23 heavy (non-hydrogen) atoms. The monoisotopic (exact) mass is 368 g/mol. The molecule has 1 aliphatic carbocycles. The van der Waals surface area contributed by atoms with Crippen molar-refractivity contribution in [2.24, 2.45) is 0 Å². The van der Waals surface area contributed by atoms with Gasteiger partial charge in [-0.05, 0) is 53.7 Å². The molecule has 2 nitrogen and oxygen atoms in total. The van der Waals surface area contributed by atoms with Crippen LogP contribution in [0, 0.1) is 0 Å². The maximum atomic E-state index is 12.0. The molecule has 0 bridgehead atoms. The van der Waals surface area contributed by atoms with Crippen molar-refractivity contribution in [2.45, 2.75) is 19.3 Å². The smallest absolute Gasteiger partial charge is 0.336 e. The van der Waals surface area contributed by atoms with Crippen molar-refractivity contribution in [1.29, 1.82) is 0 Å². The van der Waals surface area contributed by atoms with Crippen LogP contribution < -0.4 is 0 Å². The van der Waals surface area contributed by atoms with Gasteiger partial charge in [0, 0.05) is 4.47 Å². The maximum absolute atomic E-state index is 12.0. The molecule has 3 rings (SSSR count). The Morgan fingerprint density at radius 1 is 1.13 bits per heavy atom. The van der Waals surface area contributed by atoms with Crippen molar-refractivity contribution >= 4 is 27.5 Å². The second-order valence-electron chi connectivity index (χ2n) is 5.61. The fourth-order valence-corrected chi connectivity index (χ4v) is 3.30. The number of fused-ring (bicyclic) bond motifs is 1. The molecule has 1 aliphatic rings. The van der Waals surface area contributed by atoms with Crippen LogP contribution in [-0.2, 0) is 17.6 Å². The van der Waals surface area contributed by atoms with E-state index in [2.05, 4.69) is 22.0 Å². The summed E-state index contributed by atoms with van der Waals surface area (Å²) >= 11 is 3.47. The molecule has 0 fully saturated rings. The van der Waals surface area contributed by atoms with E-state index in [1.54, 1.807) is 0 Å². The Hall–Kier alpha value is -2.13. The van der Waals surface area contributed by atoms with E-state index in [0.29, 0.717) is 12.0 Å². The number of halogens is 1. The van der Waals surface area contributed by atoms with Crippen LogP contribution in [0.15, 0.2) is 70.7 Å². The Kier molecular flexibility index (Phi) is 4.77. The van der Waals surface area contributed by atoms with E-state index in [-0.39, 0.29) is 0 Å². The normalized spacial score (nSPS) is 18.7. The minimum absolute atomic E-state index is 0.404. The van der Waals surface area contributed by atoms with E-state index in [0.717, 1.165) is 39.6 Å². The van der Waals surface area contributed by atoms with Crippen LogP contribution in [0.5, 0.6) is 0 Å². The summed E-state index contributed by atoms with van der Waals surface area (Å²) in [7, 11) is 0. The summed E-state index contributed by atoms with van der Waals surface area (Å²) in [5.41, 5.74) is 4.27. The number of rotatable bonds is 3. The highest BCUT2D eigenvalue weighted by molar-refractivity contribution is 9.10. The number of allylic oxidation sites excluding steroid dienone is 3. The molecule has 0 radical (unpaired) electrons. The van der Waals surface area contributed by atoms with E-state index in [4.69, 9.17) is 0 Å². The second kappa shape index (κ2) is 6.97. The number of hydrogen-bond donors (Lipinski definition) is 1. The molecule has 1 N–H and O–H groups in total. The zero-order valence-electron chi connectivity index (χ0n) is 12.6. The van der Waals surface area contributed by atoms with Gasteiger partial charge in [-0.25, -0.2) is 4.79 Å². The van der Waals surface area contributed by atoms with Gasteiger partial charge in [-0.15, -0.1) is 0 Å². The molecule has 0 aliphatic heterocycles. The largest absolute Gasteiger partial charge is 0.478 e. The maximum Gasteiger partial charge on any atom is 0.336 e. The lowest BCUT2D eigenvalue weighted by Gasteiger charge is -2.16. The minimum Gasteiger partial charge on any atom is -0.478 e. The summed E-state index contributed by atoms with van der Waals surface area (Å²) in [5, 5.41) is 9.83. The molecule has 0 amide bonds. The van der Waals surface area contributed by atoms with E-state index >= 15 is 0 Å². The van der Waals surface area contributed by atoms with Crippen molar-refractivity contribution in [3.05, 3.63) is 87.4 Å². The first-order chi connectivity index (χ1) is 11.1. The molecule has 116 valence electrons. The number of aliphatic carboxylic acids is 1. The molecule has 2 aromatic rings. The topological polar surface area (TPSA) is 37.3 Å². The Morgan fingerprint density at radius 3 is 2.65 bits per heavy atom. The third-order valence-electron chi connectivity index (χ3n) is 4.01. The minimum atomic E-state index is -0.873. The quantitative estimate of drug-likeness (QED) is 0.824. The van der Waals surface area contributed by atoms with Gasteiger partial charge in [0.25, 0.3) is 0 Å². The highest BCUT2D eigenvalue weighted by Gasteiger charge is 2.20. The van der Waals surface area contributed by atoms with Gasteiger partial charge in [-0.1, -0.05) is 64.5 Å². The van der Waals surface area contributed by atoms with Gasteiger partial charge in [0.2, 0.25) is 0 Å². The van der Waals surface area contributed by atoms with Crippen LogP contribution in [0.25, 0.3) is 5.57 Å².